The number of hydrogen-bond acceptors (Lipinski definition) is 2. The summed E-state index contributed by atoms with van der Waals surface area (Å²) >= 11 is 3.75. The molecule has 4 aliphatic carbocycles. The van der Waals surface area contributed by atoms with Crippen LogP contribution in [0.1, 0.15) is 107 Å². The van der Waals surface area contributed by atoms with Gasteiger partial charge in [0.25, 0.3) is 0 Å². The van der Waals surface area contributed by atoms with Gasteiger partial charge >= 0.3 is 0 Å². The van der Waals surface area contributed by atoms with Crippen LogP contribution in [0.5, 0.6) is 0 Å². The van der Waals surface area contributed by atoms with Gasteiger partial charge in [-0.25, -0.2) is 0 Å². The lowest BCUT2D eigenvalue weighted by molar-refractivity contribution is 0.0915. The summed E-state index contributed by atoms with van der Waals surface area (Å²) in [6, 6.07) is 6.70. The van der Waals surface area contributed by atoms with Gasteiger partial charge in [-0.3, -0.25) is 9.59 Å². The van der Waals surface area contributed by atoms with Crippen molar-refractivity contribution in [2.45, 2.75) is 91.9 Å². The highest BCUT2D eigenvalue weighted by Gasteiger charge is 2.35. The summed E-state index contributed by atoms with van der Waals surface area (Å²) < 4.78 is 1.24. The van der Waals surface area contributed by atoms with Crippen LogP contribution in [0.2, 0.25) is 0 Å². The number of Topliss-reactive ketones (excluding diaryl/α,β-unsaturated/α-hetero) is 2. The molecule has 0 bridgehead atoms. The second-order valence-electron chi connectivity index (χ2n) is 12.1. The summed E-state index contributed by atoms with van der Waals surface area (Å²) in [5.74, 6) is 2.48. The van der Waals surface area contributed by atoms with Gasteiger partial charge in [-0.05, 0) is 122 Å². The van der Waals surface area contributed by atoms with E-state index in [1.54, 1.807) is 0 Å². The molecule has 0 fully saturated rings. The zero-order valence-corrected chi connectivity index (χ0v) is 23.4. The third-order valence-electron chi connectivity index (χ3n) is 8.45. The fourth-order valence-electron chi connectivity index (χ4n) is 6.89. The van der Waals surface area contributed by atoms with Crippen molar-refractivity contribution < 1.29 is 9.59 Å². The Kier molecular flexibility index (Phi) is 7.09. The zero-order chi connectivity index (χ0) is 24.9. The van der Waals surface area contributed by atoms with Gasteiger partial charge in [-0.15, -0.1) is 0 Å². The van der Waals surface area contributed by atoms with Gasteiger partial charge in [-0.2, -0.15) is 0 Å². The molecule has 2 unspecified atom stereocenters. The first kappa shape index (κ1) is 24.9. The van der Waals surface area contributed by atoms with Crippen LogP contribution in [0.4, 0.5) is 0 Å². The van der Waals surface area contributed by atoms with Crippen molar-refractivity contribution in [1.29, 1.82) is 0 Å². The molecule has 4 aliphatic rings. The van der Waals surface area contributed by atoms with Gasteiger partial charge < -0.3 is 0 Å². The first-order chi connectivity index (χ1) is 16.7. The van der Waals surface area contributed by atoms with Gasteiger partial charge in [0.15, 0.2) is 11.6 Å². The van der Waals surface area contributed by atoms with Gasteiger partial charge in [0, 0.05) is 27.4 Å². The van der Waals surface area contributed by atoms with Crippen LogP contribution in [-0.4, -0.2) is 11.6 Å². The minimum absolute atomic E-state index is 0.221. The predicted octanol–water partition coefficient (Wildman–Crippen LogP) is 7.92. The van der Waals surface area contributed by atoms with Crippen LogP contribution >= 0.6 is 15.9 Å². The number of benzene rings is 2. The van der Waals surface area contributed by atoms with E-state index < -0.39 is 0 Å². The highest BCUT2D eigenvalue weighted by Crippen LogP contribution is 2.41. The summed E-state index contributed by atoms with van der Waals surface area (Å²) in [5.41, 5.74) is 10.5. The molecular formula is C32H39BrO2. The monoisotopic (exact) mass is 534 g/mol. The number of ketones is 2. The van der Waals surface area contributed by atoms with Gasteiger partial charge in [0.1, 0.15) is 0 Å². The van der Waals surface area contributed by atoms with Crippen LogP contribution < -0.4 is 0 Å². The number of carbonyl (C=O) groups is 2. The first-order valence-electron chi connectivity index (χ1n) is 13.8. The van der Waals surface area contributed by atoms with Crippen molar-refractivity contribution in [2.75, 3.05) is 0 Å². The number of rotatable bonds is 4. The maximum absolute atomic E-state index is 12.5. The van der Waals surface area contributed by atoms with Crippen molar-refractivity contribution in [1.82, 2.24) is 0 Å². The molecule has 6 rings (SSSR count). The van der Waals surface area contributed by atoms with Crippen LogP contribution in [0.15, 0.2) is 22.7 Å². The molecule has 2 aromatic carbocycles. The third kappa shape index (κ3) is 4.82. The summed E-state index contributed by atoms with van der Waals surface area (Å²) in [6.07, 6.45) is 11.2. The quantitative estimate of drug-likeness (QED) is 0.399. The van der Waals surface area contributed by atoms with E-state index in [1.807, 2.05) is 0 Å². The van der Waals surface area contributed by atoms with Crippen molar-refractivity contribution in [3.05, 3.63) is 67.2 Å². The summed E-state index contributed by atoms with van der Waals surface area (Å²) in [5, 5.41) is 0. The molecule has 0 radical (unpaired) electrons. The summed E-state index contributed by atoms with van der Waals surface area (Å²) in [6.45, 7) is 8.81. The van der Waals surface area contributed by atoms with Crippen LogP contribution in [0, 0.1) is 23.7 Å². The minimum Gasteiger partial charge on any atom is -0.294 e. The Morgan fingerprint density at radius 1 is 0.686 bits per heavy atom. The fourth-order valence-corrected chi connectivity index (χ4v) is 7.72. The second-order valence-corrected chi connectivity index (χ2v) is 12.9. The molecule has 0 saturated carbocycles. The zero-order valence-electron chi connectivity index (χ0n) is 21.8. The minimum atomic E-state index is 0.221. The molecule has 0 amide bonds. The molecular weight excluding hydrogens is 496 g/mol. The van der Waals surface area contributed by atoms with E-state index in [0.29, 0.717) is 23.4 Å². The Balaban J connectivity index is 0.000000145. The van der Waals surface area contributed by atoms with Crippen molar-refractivity contribution >= 4 is 27.5 Å². The Morgan fingerprint density at radius 3 is 1.91 bits per heavy atom. The Hall–Kier alpha value is -1.74. The molecule has 2 nitrogen and oxygen atoms in total. The smallest absolute Gasteiger partial charge is 0.166 e. The Bertz CT molecular complexity index is 1170. The maximum Gasteiger partial charge on any atom is 0.166 e. The Labute approximate surface area is 219 Å². The number of aryl methyl sites for hydroxylation is 3. The highest BCUT2D eigenvalue weighted by molar-refractivity contribution is 9.10. The van der Waals surface area contributed by atoms with E-state index in [9.17, 15) is 9.59 Å². The third-order valence-corrected chi connectivity index (χ3v) is 9.41. The predicted molar refractivity (Wildman–Crippen MR) is 147 cm³/mol. The van der Waals surface area contributed by atoms with E-state index in [-0.39, 0.29) is 11.8 Å². The second kappa shape index (κ2) is 9.96. The lowest BCUT2D eigenvalue weighted by atomic mass is 9.94. The molecule has 2 aromatic rings. The van der Waals surface area contributed by atoms with Gasteiger partial charge in [-0.1, -0.05) is 49.7 Å². The number of fused-ring (bicyclic) bond motifs is 4. The fraction of sp³-hybridized carbons (Fsp3) is 0.562. The average Bonchev–Trinajstić information content (AvgIpc) is 3.57. The topological polar surface area (TPSA) is 34.1 Å². The lowest BCUT2D eigenvalue weighted by Crippen LogP contribution is -2.11. The van der Waals surface area contributed by atoms with E-state index in [4.69, 9.17) is 0 Å². The highest BCUT2D eigenvalue weighted by atomic mass is 79.9. The molecule has 0 heterocycles. The normalized spacial score (nSPS) is 21.8. The van der Waals surface area contributed by atoms with E-state index in [2.05, 4.69) is 61.8 Å². The molecule has 35 heavy (non-hydrogen) atoms. The largest absolute Gasteiger partial charge is 0.294 e. The van der Waals surface area contributed by atoms with Crippen LogP contribution in [-0.2, 0) is 38.5 Å². The molecule has 186 valence electrons. The molecule has 0 N–H and O–H groups in total. The lowest BCUT2D eigenvalue weighted by Gasteiger charge is -2.10. The Morgan fingerprint density at radius 2 is 1.23 bits per heavy atom. The van der Waals surface area contributed by atoms with Crippen molar-refractivity contribution in [2.24, 2.45) is 23.7 Å². The first-order valence-corrected chi connectivity index (χ1v) is 14.6. The molecule has 0 aromatic heterocycles. The van der Waals surface area contributed by atoms with Gasteiger partial charge in [0.05, 0.1) is 0 Å². The van der Waals surface area contributed by atoms with Crippen molar-refractivity contribution in [3.8, 4) is 0 Å². The number of halogens is 1. The maximum atomic E-state index is 12.5. The summed E-state index contributed by atoms with van der Waals surface area (Å²) in [4.78, 5) is 24.8. The van der Waals surface area contributed by atoms with E-state index in [1.165, 1.54) is 70.0 Å². The number of carbonyl (C=O) groups excluding carboxylic acids is 2. The van der Waals surface area contributed by atoms with Crippen LogP contribution in [0.3, 0.4) is 0 Å². The molecule has 0 saturated heterocycles. The molecule has 0 aliphatic heterocycles. The van der Waals surface area contributed by atoms with E-state index >= 15 is 0 Å². The van der Waals surface area contributed by atoms with Crippen molar-refractivity contribution in [3.63, 3.8) is 0 Å². The SMILES string of the molecule is CC(C)CC1Cc2c(cc3c(c2Br)CCC3)C1=O.CC(C)CC1Cc2cc3c(cc2C1=O)CCC3. The molecule has 3 heteroatoms. The average molecular weight is 536 g/mol. The van der Waals surface area contributed by atoms with Crippen LogP contribution in [0.25, 0.3) is 0 Å². The molecule has 0 spiro atoms. The van der Waals surface area contributed by atoms with E-state index in [0.717, 1.165) is 43.2 Å². The standard InChI is InChI=1S/C16H19BrO.C16H20O/c1-9(2)6-11-8-13-14(16(11)18)7-10-4-3-5-12(10)15(13)17;1-10(2)6-14-8-13-7-11-4-3-5-12(11)9-15(13)16(14)17/h7,9,11H,3-6,8H2,1-2H3;7,9-10,14H,3-6,8H2,1-2H3. The molecule has 2 atom stereocenters. The number of hydrogen-bond donors (Lipinski definition) is 0. The van der Waals surface area contributed by atoms with Gasteiger partial charge in [0.2, 0.25) is 0 Å². The summed E-state index contributed by atoms with van der Waals surface area (Å²) in [7, 11) is 0.